The summed E-state index contributed by atoms with van der Waals surface area (Å²) in [7, 11) is -2.38. The van der Waals surface area contributed by atoms with E-state index in [1.165, 1.54) is 43.1 Å². The molecule has 0 spiro atoms. The van der Waals surface area contributed by atoms with Crippen LogP contribution in [0, 0.1) is 0 Å². The maximum absolute atomic E-state index is 11.2. The van der Waals surface area contributed by atoms with Crippen LogP contribution in [-0.4, -0.2) is 63.8 Å². The number of anilines is 1. The molecule has 0 bridgehead atoms. The molecular formula is C20H30N2O5S2. The van der Waals surface area contributed by atoms with Crippen LogP contribution in [0.3, 0.4) is 0 Å². The first kappa shape index (κ1) is 23.5. The number of benzene rings is 1. The van der Waals surface area contributed by atoms with Gasteiger partial charge in [0, 0.05) is 23.5 Å². The van der Waals surface area contributed by atoms with Crippen LogP contribution in [0.1, 0.15) is 20.8 Å². The summed E-state index contributed by atoms with van der Waals surface area (Å²) in [6.45, 7) is 11.1. The Balaban J connectivity index is 0.000000370. The van der Waals surface area contributed by atoms with E-state index in [0.717, 1.165) is 11.5 Å². The van der Waals surface area contributed by atoms with E-state index in [1.54, 1.807) is 12.1 Å². The average molecular weight is 443 g/mol. The Bertz CT molecular complexity index is 860. The summed E-state index contributed by atoms with van der Waals surface area (Å²) >= 11 is 1.52. The molecule has 1 aromatic heterocycles. The Labute approximate surface area is 177 Å². The summed E-state index contributed by atoms with van der Waals surface area (Å²) in [6, 6.07) is 6.14. The van der Waals surface area contributed by atoms with Crippen LogP contribution in [0.5, 0.6) is 11.5 Å². The van der Waals surface area contributed by atoms with E-state index < -0.39 is 10.1 Å². The lowest BCUT2D eigenvalue weighted by Gasteiger charge is -2.29. The molecule has 3 rings (SSSR count). The van der Waals surface area contributed by atoms with Crippen LogP contribution in [0.25, 0.3) is 0 Å². The molecule has 1 atom stereocenters. The lowest BCUT2D eigenvalue weighted by molar-refractivity contribution is 0.0975. The van der Waals surface area contributed by atoms with Crippen molar-refractivity contribution in [3.8, 4) is 11.5 Å². The topological polar surface area (TPSA) is 79.3 Å². The SMILES string of the molecule is CCN(CC)CC.CN(CC1COc2cscc2O1)c1cccc(S(=O)(=O)O)c1. The highest BCUT2D eigenvalue weighted by atomic mass is 32.2. The van der Waals surface area contributed by atoms with Gasteiger partial charge >= 0.3 is 0 Å². The molecular weight excluding hydrogens is 412 g/mol. The Morgan fingerprint density at radius 2 is 1.79 bits per heavy atom. The summed E-state index contributed by atoms with van der Waals surface area (Å²) in [5.74, 6) is 1.50. The predicted octanol–water partition coefficient (Wildman–Crippen LogP) is 3.62. The maximum atomic E-state index is 11.2. The van der Waals surface area contributed by atoms with Crippen molar-refractivity contribution in [3.05, 3.63) is 35.0 Å². The highest BCUT2D eigenvalue weighted by Crippen LogP contribution is 2.35. The van der Waals surface area contributed by atoms with Crippen molar-refractivity contribution >= 4 is 27.1 Å². The monoisotopic (exact) mass is 442 g/mol. The van der Waals surface area contributed by atoms with Gasteiger partial charge in [0.2, 0.25) is 0 Å². The Hall–Kier alpha value is -1.81. The minimum atomic E-state index is -4.21. The van der Waals surface area contributed by atoms with E-state index in [-0.39, 0.29) is 11.0 Å². The number of ether oxygens (including phenoxy) is 2. The molecule has 0 radical (unpaired) electrons. The van der Waals surface area contributed by atoms with Crippen LogP contribution in [0.4, 0.5) is 5.69 Å². The second-order valence-electron chi connectivity index (χ2n) is 6.62. The molecule has 0 saturated heterocycles. The second-order valence-corrected chi connectivity index (χ2v) is 8.79. The van der Waals surface area contributed by atoms with Crippen molar-refractivity contribution in [2.24, 2.45) is 0 Å². The molecule has 162 valence electrons. The number of rotatable bonds is 7. The van der Waals surface area contributed by atoms with Crippen molar-refractivity contribution in [3.63, 3.8) is 0 Å². The number of hydrogen-bond acceptors (Lipinski definition) is 7. The average Bonchev–Trinajstić information content (AvgIpc) is 3.17. The van der Waals surface area contributed by atoms with Crippen molar-refractivity contribution in [2.75, 3.05) is 44.7 Å². The van der Waals surface area contributed by atoms with Crippen molar-refractivity contribution in [1.29, 1.82) is 0 Å². The van der Waals surface area contributed by atoms with Crippen LogP contribution in [-0.2, 0) is 10.1 Å². The molecule has 1 aromatic carbocycles. The molecule has 1 unspecified atom stereocenters. The summed E-state index contributed by atoms with van der Waals surface area (Å²) in [4.78, 5) is 4.11. The van der Waals surface area contributed by atoms with Gasteiger partial charge in [-0.3, -0.25) is 4.55 Å². The van der Waals surface area contributed by atoms with Gasteiger partial charge in [0.15, 0.2) is 17.6 Å². The van der Waals surface area contributed by atoms with Crippen LogP contribution < -0.4 is 14.4 Å². The van der Waals surface area contributed by atoms with Gasteiger partial charge in [0.1, 0.15) is 6.61 Å². The van der Waals surface area contributed by atoms with Crippen LogP contribution >= 0.6 is 11.3 Å². The molecule has 0 fully saturated rings. The van der Waals surface area contributed by atoms with Gasteiger partial charge in [-0.25, -0.2) is 0 Å². The van der Waals surface area contributed by atoms with E-state index in [2.05, 4.69) is 25.7 Å². The van der Waals surface area contributed by atoms with Gasteiger partial charge in [-0.15, -0.1) is 11.3 Å². The fourth-order valence-electron chi connectivity index (χ4n) is 2.91. The summed E-state index contributed by atoms with van der Waals surface area (Å²) in [6.07, 6.45) is -0.151. The summed E-state index contributed by atoms with van der Waals surface area (Å²) in [5.41, 5.74) is 0.676. The number of likely N-dealkylation sites (N-methyl/N-ethyl adjacent to an activating group) is 1. The molecule has 7 nitrogen and oxygen atoms in total. The van der Waals surface area contributed by atoms with Crippen LogP contribution in [0.2, 0.25) is 0 Å². The van der Waals surface area contributed by atoms with Gasteiger partial charge < -0.3 is 19.3 Å². The van der Waals surface area contributed by atoms with Gasteiger partial charge in [-0.1, -0.05) is 26.8 Å². The third-order valence-corrected chi connectivity index (χ3v) is 6.24. The molecule has 0 amide bonds. The van der Waals surface area contributed by atoms with E-state index in [9.17, 15) is 8.42 Å². The standard InChI is InChI=1S/C14H15NO5S2.C6H15N/c1-15(10-3-2-4-12(5-10)22(16,17)18)6-11-7-19-13-8-21-9-14(13)20-11;1-4-7(5-2)6-3/h2-5,8-9,11H,6-7H2,1H3,(H,16,17,18);4-6H2,1-3H3. The molecule has 29 heavy (non-hydrogen) atoms. The van der Waals surface area contributed by atoms with E-state index in [1.807, 2.05) is 22.7 Å². The fraction of sp³-hybridized carbons (Fsp3) is 0.500. The summed E-state index contributed by atoms with van der Waals surface area (Å²) in [5, 5.41) is 3.78. The first-order valence-electron chi connectivity index (χ1n) is 9.65. The van der Waals surface area contributed by atoms with Crippen molar-refractivity contribution in [2.45, 2.75) is 31.8 Å². The number of nitrogens with zero attached hydrogens (tertiary/aromatic N) is 2. The maximum Gasteiger partial charge on any atom is 0.294 e. The van der Waals surface area contributed by atoms with Crippen molar-refractivity contribution < 1.29 is 22.4 Å². The minimum absolute atomic E-state index is 0.127. The second kappa shape index (κ2) is 10.8. The Morgan fingerprint density at radius 3 is 2.38 bits per heavy atom. The van der Waals surface area contributed by atoms with Gasteiger partial charge in [0.05, 0.1) is 11.4 Å². The normalized spacial score (nSPS) is 15.6. The minimum Gasteiger partial charge on any atom is -0.485 e. The number of fused-ring (bicyclic) bond motifs is 1. The van der Waals surface area contributed by atoms with Gasteiger partial charge in [-0.2, -0.15) is 8.42 Å². The number of hydrogen-bond donors (Lipinski definition) is 1. The largest absolute Gasteiger partial charge is 0.485 e. The van der Waals surface area contributed by atoms with E-state index in [0.29, 0.717) is 18.8 Å². The molecule has 2 heterocycles. The lowest BCUT2D eigenvalue weighted by Crippen LogP contribution is -2.39. The third kappa shape index (κ3) is 6.88. The molecule has 2 aromatic rings. The van der Waals surface area contributed by atoms with Crippen molar-refractivity contribution in [1.82, 2.24) is 4.90 Å². The smallest absolute Gasteiger partial charge is 0.294 e. The lowest BCUT2D eigenvalue weighted by atomic mass is 10.2. The summed E-state index contributed by atoms with van der Waals surface area (Å²) < 4.78 is 43.0. The highest BCUT2D eigenvalue weighted by molar-refractivity contribution is 7.85. The van der Waals surface area contributed by atoms with E-state index in [4.69, 9.17) is 14.0 Å². The third-order valence-electron chi connectivity index (χ3n) is 4.69. The molecule has 0 aliphatic carbocycles. The zero-order valence-electron chi connectivity index (χ0n) is 17.4. The quantitative estimate of drug-likeness (QED) is 0.656. The zero-order chi connectivity index (χ0) is 21.4. The van der Waals surface area contributed by atoms with E-state index >= 15 is 0 Å². The molecule has 0 saturated carbocycles. The molecule has 1 aliphatic heterocycles. The molecule has 1 aliphatic rings. The molecule has 9 heteroatoms. The fourth-order valence-corrected chi connectivity index (χ4v) is 4.11. The first-order chi connectivity index (χ1) is 13.8. The molecule has 1 N–H and O–H groups in total. The Kier molecular flexibility index (Phi) is 8.76. The highest BCUT2D eigenvalue weighted by Gasteiger charge is 2.23. The number of thiophene rings is 1. The predicted molar refractivity (Wildman–Crippen MR) is 117 cm³/mol. The zero-order valence-corrected chi connectivity index (χ0v) is 19.0. The van der Waals surface area contributed by atoms with Gasteiger partial charge in [0.25, 0.3) is 10.1 Å². The van der Waals surface area contributed by atoms with Gasteiger partial charge in [-0.05, 0) is 37.8 Å². The first-order valence-corrected chi connectivity index (χ1v) is 12.0. The van der Waals surface area contributed by atoms with Crippen LogP contribution in [0.15, 0.2) is 39.9 Å². The Morgan fingerprint density at radius 1 is 1.14 bits per heavy atom.